The molecule has 0 aliphatic heterocycles. The molecule has 0 unspecified atom stereocenters. The normalized spacial score (nSPS) is 10.7. The highest BCUT2D eigenvalue weighted by molar-refractivity contribution is 9.10. The summed E-state index contributed by atoms with van der Waals surface area (Å²) < 4.78 is 2.67. The van der Waals surface area contributed by atoms with Crippen LogP contribution in [0.1, 0.15) is 10.4 Å². The third-order valence-corrected chi connectivity index (χ3v) is 3.52. The van der Waals surface area contributed by atoms with E-state index < -0.39 is 0 Å². The summed E-state index contributed by atoms with van der Waals surface area (Å²) in [7, 11) is 1.81. The van der Waals surface area contributed by atoms with Gasteiger partial charge in [-0.25, -0.2) is 0 Å². The number of rotatable bonds is 2. The van der Waals surface area contributed by atoms with Crippen molar-refractivity contribution in [1.82, 2.24) is 9.78 Å². The fourth-order valence-corrected chi connectivity index (χ4v) is 2.43. The molecule has 0 bridgehead atoms. The highest BCUT2D eigenvalue weighted by atomic mass is 79.9. The van der Waals surface area contributed by atoms with Crippen LogP contribution in [0, 0.1) is 0 Å². The topological polar surface area (TPSA) is 46.9 Å². The second kappa shape index (κ2) is 5.09. The van der Waals surface area contributed by atoms with Gasteiger partial charge < -0.3 is 5.32 Å². The zero-order valence-electron chi connectivity index (χ0n) is 10.8. The van der Waals surface area contributed by atoms with Gasteiger partial charge in [-0.2, -0.15) is 5.10 Å². The van der Waals surface area contributed by atoms with Crippen LogP contribution < -0.4 is 5.32 Å². The first-order chi connectivity index (χ1) is 9.61. The molecule has 0 aliphatic carbocycles. The highest BCUT2D eigenvalue weighted by Crippen LogP contribution is 2.21. The van der Waals surface area contributed by atoms with Crippen molar-refractivity contribution >= 4 is 38.3 Å². The van der Waals surface area contributed by atoms with Crippen molar-refractivity contribution in [3.05, 3.63) is 58.8 Å². The molecular weight excluding hydrogens is 318 g/mol. The molecule has 5 heteroatoms. The molecule has 4 nitrogen and oxygen atoms in total. The fraction of sp³-hybridized carbons (Fsp3) is 0.0667. The largest absolute Gasteiger partial charge is 0.319 e. The van der Waals surface area contributed by atoms with Crippen LogP contribution in [0.15, 0.2) is 53.3 Å². The van der Waals surface area contributed by atoms with Crippen LogP contribution in [-0.2, 0) is 7.05 Å². The van der Waals surface area contributed by atoms with E-state index in [9.17, 15) is 4.79 Å². The van der Waals surface area contributed by atoms with Crippen LogP contribution in [0.2, 0.25) is 0 Å². The Balaban J connectivity index is 1.89. The minimum absolute atomic E-state index is 0.136. The van der Waals surface area contributed by atoms with Crippen LogP contribution in [0.5, 0.6) is 0 Å². The molecule has 0 aliphatic rings. The number of halogens is 1. The maximum absolute atomic E-state index is 12.2. The number of hydrogen-bond acceptors (Lipinski definition) is 2. The molecule has 3 aromatic rings. The Bertz CT molecular complexity index is 795. The molecule has 0 saturated heterocycles. The van der Waals surface area contributed by atoms with Gasteiger partial charge in [-0.1, -0.05) is 28.1 Å². The standard InChI is InChI=1S/C15H12BrN3O/c1-19-9-14(8-17-19)18-15(20)12-3-2-11-7-13(16)5-4-10(11)6-12/h2-9H,1H3,(H,18,20). The van der Waals surface area contributed by atoms with Crippen molar-refractivity contribution < 1.29 is 4.79 Å². The van der Waals surface area contributed by atoms with E-state index in [4.69, 9.17) is 0 Å². The van der Waals surface area contributed by atoms with E-state index in [1.165, 1.54) is 0 Å². The van der Waals surface area contributed by atoms with Gasteiger partial charge in [-0.3, -0.25) is 9.48 Å². The third-order valence-electron chi connectivity index (χ3n) is 3.03. The Morgan fingerprint density at radius 3 is 2.70 bits per heavy atom. The molecule has 1 heterocycles. The molecule has 3 rings (SSSR count). The summed E-state index contributed by atoms with van der Waals surface area (Å²) >= 11 is 3.44. The Labute approximate surface area is 124 Å². The van der Waals surface area contributed by atoms with E-state index in [1.807, 2.05) is 43.4 Å². The second-order valence-corrected chi connectivity index (χ2v) is 5.48. The number of carbonyl (C=O) groups is 1. The van der Waals surface area contributed by atoms with E-state index in [2.05, 4.69) is 26.3 Å². The summed E-state index contributed by atoms with van der Waals surface area (Å²) in [5, 5.41) is 8.97. The number of hydrogen-bond donors (Lipinski definition) is 1. The van der Waals surface area contributed by atoms with Crippen molar-refractivity contribution in [2.75, 3.05) is 5.32 Å². The van der Waals surface area contributed by atoms with Gasteiger partial charge in [0.25, 0.3) is 5.91 Å². The Kier molecular flexibility index (Phi) is 3.28. The maximum atomic E-state index is 12.2. The summed E-state index contributed by atoms with van der Waals surface area (Å²) in [5.41, 5.74) is 1.32. The molecule has 0 saturated carbocycles. The first kappa shape index (κ1) is 12.9. The summed E-state index contributed by atoms with van der Waals surface area (Å²) in [6.07, 6.45) is 3.38. The average molecular weight is 330 g/mol. The molecule has 2 aromatic carbocycles. The quantitative estimate of drug-likeness (QED) is 0.781. The van der Waals surface area contributed by atoms with Gasteiger partial charge >= 0.3 is 0 Å². The number of carbonyl (C=O) groups excluding carboxylic acids is 1. The predicted molar refractivity (Wildman–Crippen MR) is 82.8 cm³/mol. The fourth-order valence-electron chi connectivity index (χ4n) is 2.05. The van der Waals surface area contributed by atoms with Crippen LogP contribution in [-0.4, -0.2) is 15.7 Å². The molecular formula is C15H12BrN3O. The Morgan fingerprint density at radius 1 is 1.20 bits per heavy atom. The van der Waals surface area contributed by atoms with Crippen molar-refractivity contribution in [2.45, 2.75) is 0 Å². The smallest absolute Gasteiger partial charge is 0.255 e. The number of aromatic nitrogens is 2. The Hall–Kier alpha value is -2.14. The number of aryl methyl sites for hydroxylation is 1. The molecule has 1 aromatic heterocycles. The van der Waals surface area contributed by atoms with Gasteiger partial charge in [-0.05, 0) is 35.0 Å². The SMILES string of the molecule is Cn1cc(NC(=O)c2ccc3cc(Br)ccc3c2)cn1. The molecule has 0 radical (unpaired) electrons. The van der Waals surface area contributed by atoms with Crippen LogP contribution in [0.25, 0.3) is 10.8 Å². The number of amides is 1. The van der Waals surface area contributed by atoms with Crippen molar-refractivity contribution in [3.8, 4) is 0 Å². The molecule has 100 valence electrons. The Morgan fingerprint density at radius 2 is 1.95 bits per heavy atom. The second-order valence-electron chi connectivity index (χ2n) is 4.56. The summed E-state index contributed by atoms with van der Waals surface area (Å²) in [6.45, 7) is 0. The first-order valence-electron chi connectivity index (χ1n) is 6.11. The average Bonchev–Trinajstić information content (AvgIpc) is 2.83. The summed E-state index contributed by atoms with van der Waals surface area (Å²) in [4.78, 5) is 12.2. The van der Waals surface area contributed by atoms with E-state index in [1.54, 1.807) is 17.1 Å². The monoisotopic (exact) mass is 329 g/mol. The van der Waals surface area contributed by atoms with E-state index in [0.717, 1.165) is 15.2 Å². The number of anilines is 1. The lowest BCUT2D eigenvalue weighted by molar-refractivity contribution is 0.102. The first-order valence-corrected chi connectivity index (χ1v) is 6.90. The van der Waals surface area contributed by atoms with Crippen LogP contribution >= 0.6 is 15.9 Å². The predicted octanol–water partition coefficient (Wildman–Crippen LogP) is 3.59. The van der Waals surface area contributed by atoms with Crippen LogP contribution in [0.4, 0.5) is 5.69 Å². The number of nitrogens with zero attached hydrogens (tertiary/aromatic N) is 2. The minimum Gasteiger partial charge on any atom is -0.319 e. The zero-order chi connectivity index (χ0) is 14.1. The summed E-state index contributed by atoms with van der Waals surface area (Å²) in [5.74, 6) is -0.136. The third kappa shape index (κ3) is 2.58. The van der Waals surface area contributed by atoms with Crippen molar-refractivity contribution in [3.63, 3.8) is 0 Å². The highest BCUT2D eigenvalue weighted by Gasteiger charge is 2.08. The van der Waals surface area contributed by atoms with E-state index in [0.29, 0.717) is 11.3 Å². The number of fused-ring (bicyclic) bond motifs is 1. The molecule has 0 fully saturated rings. The van der Waals surface area contributed by atoms with Gasteiger partial charge in [-0.15, -0.1) is 0 Å². The number of benzene rings is 2. The molecule has 20 heavy (non-hydrogen) atoms. The molecule has 1 N–H and O–H groups in total. The molecule has 1 amide bonds. The summed E-state index contributed by atoms with van der Waals surface area (Å²) in [6, 6.07) is 11.6. The molecule has 0 atom stereocenters. The lowest BCUT2D eigenvalue weighted by Gasteiger charge is -2.04. The van der Waals surface area contributed by atoms with Gasteiger partial charge in [0.2, 0.25) is 0 Å². The minimum atomic E-state index is -0.136. The van der Waals surface area contributed by atoms with Gasteiger partial charge in [0, 0.05) is 23.3 Å². The van der Waals surface area contributed by atoms with E-state index >= 15 is 0 Å². The molecule has 0 spiro atoms. The number of nitrogens with one attached hydrogen (secondary N) is 1. The van der Waals surface area contributed by atoms with Crippen molar-refractivity contribution in [1.29, 1.82) is 0 Å². The van der Waals surface area contributed by atoms with Crippen molar-refractivity contribution in [2.24, 2.45) is 7.05 Å². The van der Waals surface area contributed by atoms with Gasteiger partial charge in [0.05, 0.1) is 11.9 Å². The zero-order valence-corrected chi connectivity index (χ0v) is 12.4. The van der Waals surface area contributed by atoms with Gasteiger partial charge in [0.15, 0.2) is 0 Å². The van der Waals surface area contributed by atoms with E-state index in [-0.39, 0.29) is 5.91 Å². The van der Waals surface area contributed by atoms with Gasteiger partial charge in [0.1, 0.15) is 0 Å². The van der Waals surface area contributed by atoms with Crippen LogP contribution in [0.3, 0.4) is 0 Å². The lowest BCUT2D eigenvalue weighted by atomic mass is 10.1. The maximum Gasteiger partial charge on any atom is 0.255 e. The lowest BCUT2D eigenvalue weighted by Crippen LogP contribution is -2.11.